The summed E-state index contributed by atoms with van der Waals surface area (Å²) in [7, 11) is 1.71. The second-order valence-corrected chi connectivity index (χ2v) is 10.6. The minimum Gasteiger partial charge on any atom is -0.497 e. The Kier molecular flexibility index (Phi) is 7.04. The van der Waals surface area contributed by atoms with Crippen molar-refractivity contribution in [3.8, 4) is 5.75 Å². The number of benzene rings is 1. The summed E-state index contributed by atoms with van der Waals surface area (Å²) in [6, 6.07) is 9.04. The monoisotopic (exact) mass is 479 g/mol. The maximum atomic E-state index is 6.41. The van der Waals surface area contributed by atoms with Crippen LogP contribution < -0.4 is 21.1 Å². The molecule has 4 N–H and O–H groups in total. The maximum absolute atomic E-state index is 6.41. The summed E-state index contributed by atoms with van der Waals surface area (Å²) >= 11 is 5.88. The molecule has 2 bridgehead atoms. The Balaban J connectivity index is 1.47. The van der Waals surface area contributed by atoms with Crippen LogP contribution in [0.5, 0.6) is 5.75 Å². The highest BCUT2D eigenvalue weighted by Gasteiger charge is 2.43. The second kappa shape index (κ2) is 10.2. The zero-order valence-corrected chi connectivity index (χ0v) is 20.9. The number of ether oxygens (including phenoxy) is 1. The quantitative estimate of drug-likeness (QED) is 0.428. The predicted octanol–water partition coefficient (Wildman–Crippen LogP) is 3.91. The lowest BCUT2D eigenvalue weighted by Gasteiger charge is -2.52. The largest absolute Gasteiger partial charge is 0.497 e. The molecule has 34 heavy (non-hydrogen) atoms. The van der Waals surface area contributed by atoms with Gasteiger partial charge in [0.05, 0.1) is 18.7 Å². The molecule has 7 atom stereocenters. The number of hydrogen-bond donors (Lipinski definition) is 3. The van der Waals surface area contributed by atoms with E-state index in [1.807, 2.05) is 18.3 Å². The number of thiocarbonyl (C=S) groups is 1. The summed E-state index contributed by atoms with van der Waals surface area (Å²) < 4.78 is 5.55. The maximum Gasteiger partial charge on any atom is 0.167 e. The topological polar surface area (TPSA) is 75.4 Å². The van der Waals surface area contributed by atoms with Crippen LogP contribution in [-0.4, -0.2) is 53.3 Å². The molecule has 6 nitrogen and oxygen atoms in total. The summed E-state index contributed by atoms with van der Waals surface area (Å²) in [6.07, 6.45) is 11.0. The molecule has 1 aromatic heterocycles. The molecule has 3 aliphatic heterocycles. The zero-order chi connectivity index (χ0) is 23.7. The van der Waals surface area contributed by atoms with Crippen LogP contribution in [0.25, 0.3) is 10.9 Å². The van der Waals surface area contributed by atoms with Crippen molar-refractivity contribution in [1.29, 1.82) is 0 Å². The molecule has 0 spiro atoms. The van der Waals surface area contributed by atoms with Gasteiger partial charge < -0.3 is 21.1 Å². The van der Waals surface area contributed by atoms with E-state index in [9.17, 15) is 0 Å². The Morgan fingerprint density at radius 2 is 2.15 bits per heavy atom. The van der Waals surface area contributed by atoms with Gasteiger partial charge in [0.25, 0.3) is 0 Å². The highest BCUT2D eigenvalue weighted by atomic mass is 32.1. The highest BCUT2D eigenvalue weighted by molar-refractivity contribution is 7.80. The van der Waals surface area contributed by atoms with E-state index in [-0.39, 0.29) is 18.1 Å². The normalized spacial score (nSPS) is 31.6. The average Bonchev–Trinajstić information content (AvgIpc) is 2.88. The molecule has 0 radical (unpaired) electrons. The van der Waals surface area contributed by atoms with Crippen LogP contribution in [0.2, 0.25) is 0 Å². The average molecular weight is 480 g/mol. The number of rotatable bonds is 6. The van der Waals surface area contributed by atoms with Crippen LogP contribution in [0, 0.1) is 11.8 Å². The van der Waals surface area contributed by atoms with Gasteiger partial charge in [-0.05, 0) is 86.1 Å². The number of nitrogens with two attached hydrogens (primary N) is 1. The van der Waals surface area contributed by atoms with Crippen molar-refractivity contribution in [1.82, 2.24) is 20.5 Å². The molecule has 4 aliphatic rings. The van der Waals surface area contributed by atoms with Crippen LogP contribution >= 0.6 is 12.2 Å². The van der Waals surface area contributed by atoms with Gasteiger partial charge in [0.1, 0.15) is 5.75 Å². The number of methoxy groups -OCH3 is 1. The summed E-state index contributed by atoms with van der Waals surface area (Å²) in [6.45, 7) is 6.29. The van der Waals surface area contributed by atoms with Crippen LogP contribution in [0.15, 0.2) is 43.1 Å². The minimum absolute atomic E-state index is 0.0472. The van der Waals surface area contributed by atoms with Crippen molar-refractivity contribution in [3.05, 3.63) is 48.7 Å². The van der Waals surface area contributed by atoms with Gasteiger partial charge in [-0.25, -0.2) is 0 Å². The first-order valence-corrected chi connectivity index (χ1v) is 13.1. The van der Waals surface area contributed by atoms with Gasteiger partial charge in [-0.2, -0.15) is 0 Å². The van der Waals surface area contributed by atoms with E-state index in [1.54, 1.807) is 7.11 Å². The van der Waals surface area contributed by atoms with Gasteiger partial charge in [-0.1, -0.05) is 18.9 Å². The van der Waals surface area contributed by atoms with Crippen molar-refractivity contribution in [2.45, 2.75) is 62.7 Å². The van der Waals surface area contributed by atoms with Crippen molar-refractivity contribution in [3.63, 3.8) is 0 Å². The molecule has 1 saturated carbocycles. The fourth-order valence-electron chi connectivity index (χ4n) is 6.34. The molecular formula is C27H37N5OS. The molecule has 7 unspecified atom stereocenters. The summed E-state index contributed by atoms with van der Waals surface area (Å²) in [5.74, 6) is 2.09. The third-order valence-electron chi connectivity index (χ3n) is 8.28. The molecule has 4 heterocycles. The number of pyridine rings is 1. The Bertz CT molecular complexity index is 1040. The fourth-order valence-corrected chi connectivity index (χ4v) is 6.62. The van der Waals surface area contributed by atoms with Gasteiger partial charge in [-0.15, -0.1) is 6.58 Å². The lowest BCUT2D eigenvalue weighted by atomic mass is 9.73. The van der Waals surface area contributed by atoms with Gasteiger partial charge >= 0.3 is 0 Å². The Hall–Kier alpha value is -2.22. The Labute approximate surface area is 208 Å². The summed E-state index contributed by atoms with van der Waals surface area (Å²) in [5.41, 5.74) is 8.60. The van der Waals surface area contributed by atoms with Crippen LogP contribution in [-0.2, 0) is 0 Å². The number of hydrogen-bond acceptors (Lipinski definition) is 5. The van der Waals surface area contributed by atoms with Gasteiger partial charge in [0, 0.05) is 36.3 Å². The lowest BCUT2D eigenvalue weighted by Crippen LogP contribution is -2.59. The summed E-state index contributed by atoms with van der Waals surface area (Å²) in [4.78, 5) is 7.26. The van der Waals surface area contributed by atoms with Crippen molar-refractivity contribution in [2.24, 2.45) is 17.6 Å². The van der Waals surface area contributed by atoms with E-state index in [4.69, 9.17) is 22.7 Å². The Morgan fingerprint density at radius 1 is 1.29 bits per heavy atom. The molecule has 6 rings (SSSR count). The zero-order valence-electron chi connectivity index (χ0n) is 20.1. The van der Waals surface area contributed by atoms with E-state index in [0.717, 1.165) is 49.0 Å². The number of piperidine rings is 3. The standard InChI is InChI=1S/C27H37N5OS/c1-3-17-16-32-13-11-18(17)14-25(32)26(31-27(34)30-24-7-5-4-6-22(24)28)20-10-12-29-23-9-8-19(33-2)15-21(20)23/h3,8-10,12,15,17-18,22,24-26H,1,4-7,11,13-14,16,28H2,2H3,(H2,30,31,34). The number of nitrogens with zero attached hydrogens (tertiary/aromatic N) is 2. The molecule has 2 aromatic rings. The molecular weight excluding hydrogens is 442 g/mol. The van der Waals surface area contributed by atoms with Gasteiger partial charge in [-0.3, -0.25) is 9.88 Å². The fraction of sp³-hybridized carbons (Fsp3) is 0.556. The SMILES string of the molecule is C=CC1CN2CCC1CC2C(NC(=S)NC1CCCCC1N)c1ccnc2ccc(OC)cc12. The predicted molar refractivity (Wildman–Crippen MR) is 142 cm³/mol. The minimum atomic E-state index is 0.0472. The number of nitrogens with one attached hydrogen (secondary N) is 2. The molecule has 1 aromatic carbocycles. The molecule has 0 amide bonds. The third-order valence-corrected chi connectivity index (χ3v) is 8.51. The van der Waals surface area contributed by atoms with Crippen LogP contribution in [0.1, 0.15) is 50.1 Å². The van der Waals surface area contributed by atoms with Gasteiger partial charge in [0.2, 0.25) is 0 Å². The van der Waals surface area contributed by atoms with E-state index in [1.165, 1.54) is 24.8 Å². The highest BCUT2D eigenvalue weighted by Crippen LogP contribution is 2.42. The van der Waals surface area contributed by atoms with E-state index < -0.39 is 0 Å². The molecule has 182 valence electrons. The van der Waals surface area contributed by atoms with Crippen LogP contribution in [0.3, 0.4) is 0 Å². The third kappa shape index (κ3) is 4.66. The van der Waals surface area contributed by atoms with Crippen molar-refractivity contribution in [2.75, 3.05) is 20.2 Å². The second-order valence-electron chi connectivity index (χ2n) is 10.2. The smallest absolute Gasteiger partial charge is 0.167 e. The number of aromatic nitrogens is 1. The van der Waals surface area contributed by atoms with Crippen molar-refractivity contribution < 1.29 is 4.74 Å². The van der Waals surface area contributed by atoms with Gasteiger partial charge in [0.15, 0.2) is 5.11 Å². The summed E-state index contributed by atoms with van der Waals surface area (Å²) in [5, 5.41) is 9.12. The van der Waals surface area contributed by atoms with Crippen molar-refractivity contribution >= 4 is 28.2 Å². The molecule has 1 aliphatic carbocycles. The van der Waals surface area contributed by atoms with E-state index in [2.05, 4.69) is 45.3 Å². The molecule has 3 saturated heterocycles. The van der Waals surface area contributed by atoms with Crippen LogP contribution in [0.4, 0.5) is 0 Å². The number of fused-ring (bicyclic) bond motifs is 4. The first kappa shape index (κ1) is 23.5. The van der Waals surface area contributed by atoms with E-state index >= 15 is 0 Å². The van der Waals surface area contributed by atoms with E-state index in [0.29, 0.717) is 23.0 Å². The molecule has 7 heteroatoms. The Morgan fingerprint density at radius 3 is 2.88 bits per heavy atom. The lowest BCUT2D eigenvalue weighted by molar-refractivity contribution is 0.00425. The first-order chi connectivity index (χ1) is 16.6. The first-order valence-electron chi connectivity index (χ1n) is 12.7. The molecule has 4 fully saturated rings.